The van der Waals surface area contributed by atoms with Gasteiger partial charge in [0.1, 0.15) is 5.76 Å². The Hall–Kier alpha value is -0.890. The summed E-state index contributed by atoms with van der Waals surface area (Å²) < 4.78 is 36.9. The van der Waals surface area contributed by atoms with Crippen LogP contribution >= 0.6 is 0 Å². The molecular weight excluding hydrogens is 268 g/mol. The first-order chi connectivity index (χ1) is 9.12. The first kappa shape index (κ1) is 14.5. The Labute approximate surface area is 113 Å². The highest BCUT2D eigenvalue weighted by atomic mass is 32.2. The largest absolute Gasteiger partial charge is 0.447 e. The van der Waals surface area contributed by atoms with Gasteiger partial charge in [-0.15, -0.1) is 0 Å². The zero-order valence-corrected chi connectivity index (χ0v) is 11.6. The number of sulfonamides is 1. The summed E-state index contributed by atoms with van der Waals surface area (Å²) in [6.07, 6.45) is 4.84. The topological polar surface area (TPSA) is 94.6 Å². The van der Waals surface area contributed by atoms with E-state index in [1.165, 1.54) is 18.9 Å². The Balaban J connectivity index is 1.77. The fraction of sp³-hybridized carbons (Fsp3) is 0.667. The minimum absolute atomic E-state index is 0.103. The van der Waals surface area contributed by atoms with Crippen LogP contribution in [0.1, 0.15) is 31.4 Å². The van der Waals surface area contributed by atoms with Crippen molar-refractivity contribution >= 4 is 10.0 Å². The average Bonchev–Trinajstić information content (AvgIpc) is 3.05. The van der Waals surface area contributed by atoms with Gasteiger partial charge in [0.15, 0.2) is 0 Å². The van der Waals surface area contributed by atoms with Gasteiger partial charge in [0, 0.05) is 6.54 Å². The van der Waals surface area contributed by atoms with Crippen LogP contribution in [-0.2, 0) is 21.3 Å². The molecule has 1 saturated carbocycles. The molecule has 19 heavy (non-hydrogen) atoms. The van der Waals surface area contributed by atoms with Gasteiger partial charge in [-0.3, -0.25) is 0 Å². The summed E-state index contributed by atoms with van der Waals surface area (Å²) in [4.78, 5) is 0. The highest BCUT2D eigenvalue weighted by Gasteiger charge is 2.19. The van der Waals surface area contributed by atoms with E-state index < -0.39 is 10.0 Å². The van der Waals surface area contributed by atoms with E-state index in [-0.39, 0.29) is 24.3 Å². The van der Waals surface area contributed by atoms with E-state index in [0.717, 1.165) is 12.8 Å². The molecule has 3 N–H and O–H groups in total. The summed E-state index contributed by atoms with van der Waals surface area (Å²) in [7, 11) is -3.60. The molecule has 1 aromatic heterocycles. The lowest BCUT2D eigenvalue weighted by Gasteiger charge is -2.11. The maximum atomic E-state index is 11.9. The summed E-state index contributed by atoms with van der Waals surface area (Å²) in [6, 6.07) is 2.96. The van der Waals surface area contributed by atoms with Crippen LogP contribution < -0.4 is 10.5 Å². The monoisotopic (exact) mass is 288 g/mol. The van der Waals surface area contributed by atoms with Crippen molar-refractivity contribution in [1.29, 1.82) is 0 Å². The third-order valence-electron chi connectivity index (χ3n) is 3.15. The van der Waals surface area contributed by atoms with Gasteiger partial charge in [-0.2, -0.15) is 0 Å². The molecule has 1 fully saturated rings. The molecule has 0 aliphatic heterocycles. The molecule has 1 aromatic rings. The predicted octanol–water partition coefficient (Wildman–Crippen LogP) is 0.976. The molecule has 0 spiro atoms. The fourth-order valence-corrected chi connectivity index (χ4v) is 3.10. The highest BCUT2D eigenvalue weighted by molar-refractivity contribution is 7.89. The van der Waals surface area contributed by atoms with Crippen LogP contribution in [0.4, 0.5) is 0 Å². The molecule has 0 radical (unpaired) electrons. The molecule has 0 saturated heterocycles. The molecule has 0 bridgehead atoms. The van der Waals surface area contributed by atoms with Gasteiger partial charge in [0.2, 0.25) is 5.09 Å². The van der Waals surface area contributed by atoms with E-state index in [2.05, 4.69) is 4.72 Å². The second kappa shape index (κ2) is 6.51. The van der Waals surface area contributed by atoms with Crippen LogP contribution in [0.15, 0.2) is 21.6 Å². The molecule has 0 unspecified atom stereocenters. The number of hydrogen-bond donors (Lipinski definition) is 2. The van der Waals surface area contributed by atoms with E-state index in [9.17, 15) is 8.42 Å². The van der Waals surface area contributed by atoms with Crippen LogP contribution in [0.2, 0.25) is 0 Å². The Morgan fingerprint density at radius 1 is 1.37 bits per heavy atom. The fourth-order valence-electron chi connectivity index (χ4n) is 2.14. The van der Waals surface area contributed by atoms with E-state index in [1.807, 2.05) is 0 Å². The van der Waals surface area contributed by atoms with Gasteiger partial charge in [0.05, 0.1) is 19.3 Å². The Morgan fingerprint density at radius 3 is 2.74 bits per heavy atom. The van der Waals surface area contributed by atoms with Crippen LogP contribution in [0.5, 0.6) is 0 Å². The zero-order chi connectivity index (χ0) is 13.7. The molecule has 0 atom stereocenters. The summed E-state index contributed by atoms with van der Waals surface area (Å²) in [6.45, 7) is 0.812. The standard InChI is InChI=1S/C12H20N2O4S/c13-9-11-5-6-12(18-11)19(15,16)14-7-8-17-10-3-1-2-4-10/h5-6,10,14H,1-4,7-9,13H2. The normalized spacial score (nSPS) is 17.1. The number of furan rings is 1. The zero-order valence-electron chi connectivity index (χ0n) is 10.8. The van der Waals surface area contributed by atoms with Crippen molar-refractivity contribution in [1.82, 2.24) is 4.72 Å². The lowest BCUT2D eigenvalue weighted by molar-refractivity contribution is 0.0626. The first-order valence-electron chi connectivity index (χ1n) is 6.52. The summed E-state index contributed by atoms with van der Waals surface area (Å²) in [5, 5.41) is -0.103. The average molecular weight is 288 g/mol. The van der Waals surface area contributed by atoms with E-state index in [0.29, 0.717) is 12.4 Å². The Bertz CT molecular complexity index is 492. The molecule has 1 heterocycles. The summed E-state index contributed by atoms with van der Waals surface area (Å²) in [5.41, 5.74) is 5.37. The Morgan fingerprint density at radius 2 is 2.11 bits per heavy atom. The van der Waals surface area contributed by atoms with Gasteiger partial charge in [-0.05, 0) is 25.0 Å². The third kappa shape index (κ3) is 4.04. The molecule has 2 rings (SSSR count). The van der Waals surface area contributed by atoms with Gasteiger partial charge >= 0.3 is 0 Å². The maximum Gasteiger partial charge on any atom is 0.274 e. The number of nitrogens with one attached hydrogen (secondary N) is 1. The molecule has 6 nitrogen and oxygen atoms in total. The first-order valence-corrected chi connectivity index (χ1v) is 8.00. The predicted molar refractivity (Wildman–Crippen MR) is 70.0 cm³/mol. The lowest BCUT2D eigenvalue weighted by Crippen LogP contribution is -2.28. The van der Waals surface area contributed by atoms with Gasteiger partial charge < -0.3 is 14.9 Å². The summed E-state index contributed by atoms with van der Waals surface area (Å²) in [5.74, 6) is 0.447. The maximum absolute atomic E-state index is 11.9. The van der Waals surface area contributed by atoms with Crippen LogP contribution in [0.25, 0.3) is 0 Å². The number of nitrogens with two attached hydrogens (primary N) is 1. The van der Waals surface area contributed by atoms with Crippen molar-refractivity contribution < 1.29 is 17.6 Å². The molecular formula is C12H20N2O4S. The molecule has 1 aliphatic carbocycles. The third-order valence-corrected chi connectivity index (χ3v) is 4.49. The van der Waals surface area contributed by atoms with E-state index in [4.69, 9.17) is 14.9 Å². The molecule has 1 aliphatic rings. The number of hydrogen-bond acceptors (Lipinski definition) is 5. The van der Waals surface area contributed by atoms with Gasteiger partial charge in [0.25, 0.3) is 10.0 Å². The SMILES string of the molecule is NCc1ccc(S(=O)(=O)NCCOC2CCCC2)o1. The minimum atomic E-state index is -3.60. The second-order valence-corrected chi connectivity index (χ2v) is 6.30. The van der Waals surface area contributed by atoms with Crippen LogP contribution in [0, 0.1) is 0 Å². The quantitative estimate of drug-likeness (QED) is 0.729. The molecule has 0 aromatic carbocycles. The van der Waals surface area contributed by atoms with Crippen molar-refractivity contribution in [2.45, 2.75) is 43.4 Å². The van der Waals surface area contributed by atoms with Gasteiger partial charge in [-0.25, -0.2) is 13.1 Å². The van der Waals surface area contributed by atoms with Crippen molar-refractivity contribution in [2.24, 2.45) is 5.73 Å². The van der Waals surface area contributed by atoms with Crippen molar-refractivity contribution in [2.75, 3.05) is 13.2 Å². The van der Waals surface area contributed by atoms with Crippen molar-refractivity contribution in [3.05, 3.63) is 17.9 Å². The Kier molecular flexibility index (Phi) is 4.98. The lowest BCUT2D eigenvalue weighted by atomic mass is 10.3. The molecule has 0 amide bonds. The smallest absolute Gasteiger partial charge is 0.274 e. The van der Waals surface area contributed by atoms with Crippen molar-refractivity contribution in [3.63, 3.8) is 0 Å². The van der Waals surface area contributed by atoms with Gasteiger partial charge in [-0.1, -0.05) is 12.8 Å². The minimum Gasteiger partial charge on any atom is -0.447 e. The molecule has 7 heteroatoms. The summed E-state index contributed by atoms with van der Waals surface area (Å²) >= 11 is 0. The second-order valence-electron chi connectivity index (χ2n) is 4.60. The number of ether oxygens (including phenoxy) is 1. The number of rotatable bonds is 7. The van der Waals surface area contributed by atoms with Crippen molar-refractivity contribution in [3.8, 4) is 0 Å². The highest BCUT2D eigenvalue weighted by Crippen LogP contribution is 2.20. The van der Waals surface area contributed by atoms with E-state index in [1.54, 1.807) is 6.07 Å². The van der Waals surface area contributed by atoms with Crippen LogP contribution in [-0.4, -0.2) is 27.7 Å². The van der Waals surface area contributed by atoms with Crippen LogP contribution in [0.3, 0.4) is 0 Å². The molecule has 108 valence electrons. The van der Waals surface area contributed by atoms with E-state index >= 15 is 0 Å².